The Hall–Kier alpha value is -0.160. The van der Waals surface area contributed by atoms with Gasteiger partial charge >= 0.3 is 0 Å². The second-order valence-corrected chi connectivity index (χ2v) is 5.13. The Kier molecular flexibility index (Phi) is 4.52. The molecule has 90 valence electrons. The molecule has 0 aliphatic heterocycles. The first kappa shape index (κ1) is 12.9. The van der Waals surface area contributed by atoms with E-state index < -0.39 is 5.41 Å². The molecule has 0 aromatic rings. The number of aliphatic hydroxyl groups excluding tert-OH is 3. The van der Waals surface area contributed by atoms with Gasteiger partial charge in [0.05, 0.1) is 19.8 Å². The number of hydrogen-bond donors (Lipinski definition) is 4. The zero-order valence-electron chi connectivity index (χ0n) is 9.50. The first-order chi connectivity index (χ1) is 7.10. The second kappa shape index (κ2) is 5.25. The Morgan fingerprint density at radius 1 is 1.13 bits per heavy atom. The molecule has 15 heavy (non-hydrogen) atoms. The quantitative estimate of drug-likeness (QED) is 0.500. The molecule has 0 amide bonds. The predicted octanol–water partition coefficient (Wildman–Crippen LogP) is -0.128. The van der Waals surface area contributed by atoms with Gasteiger partial charge in [-0.15, -0.1) is 0 Å². The number of nitrogens with one attached hydrogen (secondary N) is 1. The van der Waals surface area contributed by atoms with Crippen molar-refractivity contribution >= 4 is 0 Å². The van der Waals surface area contributed by atoms with Crippen LogP contribution in [-0.4, -0.2) is 47.2 Å². The van der Waals surface area contributed by atoms with E-state index in [1.165, 1.54) is 0 Å². The van der Waals surface area contributed by atoms with Gasteiger partial charge in [-0.3, -0.25) is 0 Å². The van der Waals surface area contributed by atoms with Crippen molar-refractivity contribution in [1.29, 1.82) is 0 Å². The highest BCUT2D eigenvalue weighted by Gasteiger charge is 2.35. The van der Waals surface area contributed by atoms with Gasteiger partial charge in [0, 0.05) is 17.5 Å². The summed E-state index contributed by atoms with van der Waals surface area (Å²) in [4.78, 5) is 0. The Balaban J connectivity index is 2.46. The van der Waals surface area contributed by atoms with E-state index in [1.807, 2.05) is 6.92 Å². The molecule has 0 unspecified atom stereocenters. The Morgan fingerprint density at radius 3 is 2.07 bits per heavy atom. The van der Waals surface area contributed by atoms with Crippen LogP contribution in [0.1, 0.15) is 32.6 Å². The standard InChI is InChI=1S/C11H23NO3/c1-10(7-13,8-14)6-12-11(9-15)4-2-3-5-11/h12-15H,2-9H2,1H3. The lowest BCUT2D eigenvalue weighted by Gasteiger charge is -2.34. The molecule has 4 nitrogen and oxygen atoms in total. The van der Waals surface area contributed by atoms with E-state index in [0.717, 1.165) is 25.7 Å². The zero-order chi connectivity index (χ0) is 11.4. The van der Waals surface area contributed by atoms with Gasteiger partial charge in [-0.05, 0) is 12.8 Å². The summed E-state index contributed by atoms with van der Waals surface area (Å²) in [5, 5.41) is 31.0. The summed E-state index contributed by atoms with van der Waals surface area (Å²) in [5.41, 5.74) is -0.670. The fourth-order valence-electron chi connectivity index (χ4n) is 2.01. The van der Waals surface area contributed by atoms with Crippen LogP contribution in [0.25, 0.3) is 0 Å². The summed E-state index contributed by atoms with van der Waals surface area (Å²) in [6.45, 7) is 2.43. The fourth-order valence-corrected chi connectivity index (χ4v) is 2.01. The van der Waals surface area contributed by atoms with E-state index in [2.05, 4.69) is 5.32 Å². The van der Waals surface area contributed by atoms with Crippen molar-refractivity contribution in [3.05, 3.63) is 0 Å². The lowest BCUT2D eigenvalue weighted by Crippen LogP contribution is -2.51. The molecular weight excluding hydrogens is 194 g/mol. The summed E-state index contributed by atoms with van der Waals surface area (Å²) in [7, 11) is 0. The van der Waals surface area contributed by atoms with E-state index in [0.29, 0.717) is 6.54 Å². The zero-order valence-corrected chi connectivity index (χ0v) is 9.50. The average Bonchev–Trinajstić information content (AvgIpc) is 2.75. The van der Waals surface area contributed by atoms with Crippen molar-refractivity contribution in [1.82, 2.24) is 5.32 Å². The maximum atomic E-state index is 9.37. The van der Waals surface area contributed by atoms with Crippen molar-refractivity contribution in [3.63, 3.8) is 0 Å². The van der Waals surface area contributed by atoms with Gasteiger partial charge < -0.3 is 20.6 Å². The molecule has 4 heteroatoms. The van der Waals surface area contributed by atoms with E-state index >= 15 is 0 Å². The highest BCUT2D eigenvalue weighted by Crippen LogP contribution is 2.30. The van der Waals surface area contributed by atoms with Crippen LogP contribution >= 0.6 is 0 Å². The highest BCUT2D eigenvalue weighted by atomic mass is 16.3. The molecule has 1 fully saturated rings. The van der Waals surface area contributed by atoms with E-state index in [4.69, 9.17) is 10.2 Å². The molecule has 1 saturated carbocycles. The smallest absolute Gasteiger partial charge is 0.0613 e. The Morgan fingerprint density at radius 2 is 1.67 bits per heavy atom. The van der Waals surface area contributed by atoms with E-state index in [-0.39, 0.29) is 25.4 Å². The van der Waals surface area contributed by atoms with Crippen molar-refractivity contribution in [3.8, 4) is 0 Å². The molecule has 0 radical (unpaired) electrons. The van der Waals surface area contributed by atoms with Crippen LogP contribution in [-0.2, 0) is 0 Å². The van der Waals surface area contributed by atoms with Crippen LogP contribution in [0.15, 0.2) is 0 Å². The van der Waals surface area contributed by atoms with Crippen LogP contribution in [0.2, 0.25) is 0 Å². The molecule has 4 N–H and O–H groups in total. The van der Waals surface area contributed by atoms with Crippen molar-refractivity contribution in [2.75, 3.05) is 26.4 Å². The minimum absolute atomic E-state index is 0.0436. The maximum Gasteiger partial charge on any atom is 0.0613 e. The fraction of sp³-hybridized carbons (Fsp3) is 1.00. The molecule has 1 aliphatic carbocycles. The Labute approximate surface area is 91.3 Å². The molecule has 0 aromatic heterocycles. The number of rotatable bonds is 6. The highest BCUT2D eigenvalue weighted by molar-refractivity contribution is 4.93. The lowest BCUT2D eigenvalue weighted by atomic mass is 9.90. The van der Waals surface area contributed by atoms with Crippen LogP contribution in [0.5, 0.6) is 0 Å². The lowest BCUT2D eigenvalue weighted by molar-refractivity contribution is 0.0542. The van der Waals surface area contributed by atoms with Crippen LogP contribution in [0.3, 0.4) is 0 Å². The van der Waals surface area contributed by atoms with Gasteiger partial charge in [0.2, 0.25) is 0 Å². The summed E-state index contributed by atoms with van der Waals surface area (Å²) in [6.07, 6.45) is 4.25. The molecular formula is C11H23NO3. The molecule has 1 rings (SSSR count). The number of aliphatic hydroxyl groups is 3. The summed E-state index contributed by atoms with van der Waals surface area (Å²) < 4.78 is 0. The Bertz CT molecular complexity index is 186. The number of hydrogen-bond acceptors (Lipinski definition) is 4. The van der Waals surface area contributed by atoms with Gasteiger partial charge in [0.15, 0.2) is 0 Å². The minimum atomic E-state index is -0.495. The normalized spacial score (nSPS) is 20.8. The summed E-state index contributed by atoms with van der Waals surface area (Å²) in [5.74, 6) is 0. The van der Waals surface area contributed by atoms with Crippen molar-refractivity contribution in [2.24, 2.45) is 5.41 Å². The van der Waals surface area contributed by atoms with E-state index in [1.54, 1.807) is 0 Å². The topological polar surface area (TPSA) is 72.7 Å². The van der Waals surface area contributed by atoms with Crippen molar-refractivity contribution < 1.29 is 15.3 Å². The first-order valence-corrected chi connectivity index (χ1v) is 5.67. The monoisotopic (exact) mass is 217 g/mol. The van der Waals surface area contributed by atoms with Crippen LogP contribution in [0.4, 0.5) is 0 Å². The van der Waals surface area contributed by atoms with Crippen LogP contribution in [0, 0.1) is 5.41 Å². The van der Waals surface area contributed by atoms with Crippen LogP contribution < -0.4 is 5.32 Å². The van der Waals surface area contributed by atoms with E-state index in [9.17, 15) is 5.11 Å². The van der Waals surface area contributed by atoms with Crippen molar-refractivity contribution in [2.45, 2.75) is 38.1 Å². The maximum absolute atomic E-state index is 9.37. The van der Waals surface area contributed by atoms with Gasteiger partial charge in [0.25, 0.3) is 0 Å². The summed E-state index contributed by atoms with van der Waals surface area (Å²) in [6, 6.07) is 0. The molecule has 0 spiro atoms. The van der Waals surface area contributed by atoms with Gasteiger partial charge in [-0.25, -0.2) is 0 Å². The molecule has 0 atom stereocenters. The van der Waals surface area contributed by atoms with Gasteiger partial charge in [-0.2, -0.15) is 0 Å². The second-order valence-electron chi connectivity index (χ2n) is 5.13. The third kappa shape index (κ3) is 3.14. The third-order valence-electron chi connectivity index (χ3n) is 3.52. The van der Waals surface area contributed by atoms with Gasteiger partial charge in [0.1, 0.15) is 0 Å². The van der Waals surface area contributed by atoms with Gasteiger partial charge in [-0.1, -0.05) is 19.8 Å². The molecule has 0 aromatic carbocycles. The largest absolute Gasteiger partial charge is 0.396 e. The average molecular weight is 217 g/mol. The SMILES string of the molecule is CC(CO)(CO)CNC1(CO)CCCC1. The third-order valence-corrected chi connectivity index (χ3v) is 3.52. The summed E-state index contributed by atoms with van der Waals surface area (Å²) >= 11 is 0. The first-order valence-electron chi connectivity index (χ1n) is 5.67. The predicted molar refractivity (Wildman–Crippen MR) is 58.6 cm³/mol. The minimum Gasteiger partial charge on any atom is -0.396 e. The molecule has 1 aliphatic rings. The molecule has 0 saturated heterocycles. The molecule has 0 heterocycles. The molecule has 0 bridgehead atoms.